The van der Waals surface area contributed by atoms with Crippen LogP contribution in [0, 0.1) is 13.8 Å². The number of rotatable bonds is 4. The molecule has 0 aliphatic rings. The van der Waals surface area contributed by atoms with Crippen molar-refractivity contribution < 1.29 is 9.90 Å². The van der Waals surface area contributed by atoms with Crippen LogP contribution in [0.4, 0.5) is 0 Å². The first-order chi connectivity index (χ1) is 9.08. The molecule has 0 aliphatic heterocycles. The van der Waals surface area contributed by atoms with Crippen molar-refractivity contribution in [3.05, 3.63) is 52.0 Å². The second-order valence-corrected chi connectivity index (χ2v) is 5.08. The lowest BCUT2D eigenvalue weighted by Gasteiger charge is -2.12. The normalized spacial score (nSPS) is 12.2. The minimum atomic E-state index is -0.698. The Morgan fingerprint density at radius 3 is 2.63 bits per heavy atom. The SMILES string of the molecule is Cc1ccc(C(O)CNC(=O)c2csnc2C)cc1. The van der Waals surface area contributed by atoms with Crippen LogP contribution in [0.2, 0.25) is 0 Å². The van der Waals surface area contributed by atoms with Crippen molar-refractivity contribution in [3.8, 4) is 0 Å². The van der Waals surface area contributed by atoms with Gasteiger partial charge in [0.05, 0.1) is 17.4 Å². The average molecular weight is 276 g/mol. The van der Waals surface area contributed by atoms with E-state index in [0.29, 0.717) is 11.3 Å². The Morgan fingerprint density at radius 2 is 2.05 bits per heavy atom. The zero-order valence-corrected chi connectivity index (χ0v) is 11.7. The van der Waals surface area contributed by atoms with Crippen molar-refractivity contribution in [2.75, 3.05) is 6.54 Å². The molecule has 1 atom stereocenters. The predicted octanol–water partition coefficient (Wildman–Crippen LogP) is 2.22. The van der Waals surface area contributed by atoms with E-state index in [1.54, 1.807) is 12.3 Å². The Balaban J connectivity index is 1.94. The number of aliphatic hydroxyl groups excluding tert-OH is 1. The van der Waals surface area contributed by atoms with Crippen LogP contribution in [0.1, 0.15) is 33.3 Å². The van der Waals surface area contributed by atoms with Gasteiger partial charge in [-0.3, -0.25) is 4.79 Å². The third-order valence-electron chi connectivity index (χ3n) is 2.91. The molecule has 0 saturated carbocycles. The van der Waals surface area contributed by atoms with Crippen LogP contribution in [0.25, 0.3) is 0 Å². The maximum Gasteiger partial charge on any atom is 0.254 e. The Morgan fingerprint density at radius 1 is 1.37 bits per heavy atom. The molecule has 19 heavy (non-hydrogen) atoms. The molecule has 1 aromatic heterocycles. The number of nitrogens with one attached hydrogen (secondary N) is 1. The van der Waals surface area contributed by atoms with E-state index in [1.807, 2.05) is 31.2 Å². The topological polar surface area (TPSA) is 62.2 Å². The summed E-state index contributed by atoms with van der Waals surface area (Å²) >= 11 is 1.25. The van der Waals surface area contributed by atoms with Gasteiger partial charge in [-0.25, -0.2) is 0 Å². The summed E-state index contributed by atoms with van der Waals surface area (Å²) in [4.78, 5) is 11.9. The number of hydrogen-bond donors (Lipinski definition) is 2. The molecule has 1 heterocycles. The second kappa shape index (κ2) is 5.95. The molecule has 0 bridgehead atoms. The molecule has 5 heteroatoms. The molecule has 4 nitrogen and oxygen atoms in total. The molecule has 0 radical (unpaired) electrons. The van der Waals surface area contributed by atoms with Gasteiger partial charge in [0.25, 0.3) is 5.91 Å². The van der Waals surface area contributed by atoms with Gasteiger partial charge in [0.15, 0.2) is 0 Å². The number of carbonyl (C=O) groups excluding carboxylic acids is 1. The number of amides is 1. The summed E-state index contributed by atoms with van der Waals surface area (Å²) in [7, 11) is 0. The molecule has 2 aromatic rings. The first-order valence-corrected chi connectivity index (χ1v) is 6.85. The highest BCUT2D eigenvalue weighted by atomic mass is 32.1. The summed E-state index contributed by atoms with van der Waals surface area (Å²) in [6.07, 6.45) is -0.698. The summed E-state index contributed by atoms with van der Waals surface area (Å²) in [6, 6.07) is 7.60. The van der Waals surface area contributed by atoms with Crippen LogP contribution in [0.3, 0.4) is 0 Å². The van der Waals surface area contributed by atoms with Gasteiger partial charge in [-0.05, 0) is 30.9 Å². The fraction of sp³-hybridized carbons (Fsp3) is 0.286. The van der Waals surface area contributed by atoms with Crippen LogP contribution in [0.5, 0.6) is 0 Å². The minimum absolute atomic E-state index is 0.192. The van der Waals surface area contributed by atoms with Crippen molar-refractivity contribution >= 4 is 17.4 Å². The predicted molar refractivity (Wildman–Crippen MR) is 75.3 cm³/mol. The molecule has 0 saturated heterocycles. The Bertz CT molecular complexity index is 563. The first kappa shape index (κ1) is 13.7. The first-order valence-electron chi connectivity index (χ1n) is 6.01. The highest BCUT2D eigenvalue weighted by Gasteiger charge is 2.13. The lowest BCUT2D eigenvalue weighted by molar-refractivity contribution is 0.0916. The molecule has 1 amide bonds. The van der Waals surface area contributed by atoms with E-state index in [9.17, 15) is 9.90 Å². The molecule has 0 aliphatic carbocycles. The van der Waals surface area contributed by atoms with Gasteiger partial charge < -0.3 is 10.4 Å². The van der Waals surface area contributed by atoms with Crippen molar-refractivity contribution in [3.63, 3.8) is 0 Å². The summed E-state index contributed by atoms with van der Waals surface area (Å²) < 4.78 is 4.05. The number of hydrogen-bond acceptors (Lipinski definition) is 4. The van der Waals surface area contributed by atoms with Crippen LogP contribution >= 0.6 is 11.5 Å². The number of nitrogens with zero attached hydrogens (tertiary/aromatic N) is 1. The maximum absolute atomic E-state index is 11.9. The van der Waals surface area contributed by atoms with E-state index in [4.69, 9.17) is 0 Å². The van der Waals surface area contributed by atoms with E-state index in [-0.39, 0.29) is 12.5 Å². The molecule has 0 spiro atoms. The molecule has 2 N–H and O–H groups in total. The lowest BCUT2D eigenvalue weighted by Crippen LogP contribution is -2.28. The molecule has 100 valence electrons. The van der Waals surface area contributed by atoms with Gasteiger partial charge in [0.2, 0.25) is 0 Å². The Labute approximate surface area is 116 Å². The van der Waals surface area contributed by atoms with E-state index >= 15 is 0 Å². The molecular formula is C14H16N2O2S. The minimum Gasteiger partial charge on any atom is -0.387 e. The van der Waals surface area contributed by atoms with Gasteiger partial charge in [-0.1, -0.05) is 29.8 Å². The Kier molecular flexibility index (Phi) is 4.29. The quantitative estimate of drug-likeness (QED) is 0.900. The summed E-state index contributed by atoms with van der Waals surface area (Å²) in [6.45, 7) is 3.98. The van der Waals surface area contributed by atoms with Gasteiger partial charge in [0.1, 0.15) is 0 Å². The zero-order valence-electron chi connectivity index (χ0n) is 10.9. The number of aryl methyl sites for hydroxylation is 2. The fourth-order valence-corrected chi connectivity index (χ4v) is 2.39. The zero-order chi connectivity index (χ0) is 13.8. The number of aromatic nitrogens is 1. The van der Waals surface area contributed by atoms with E-state index in [1.165, 1.54) is 11.5 Å². The third-order valence-corrected chi connectivity index (χ3v) is 3.63. The summed E-state index contributed by atoms with van der Waals surface area (Å²) in [5.41, 5.74) is 3.22. The Hall–Kier alpha value is -1.72. The number of carbonyl (C=O) groups is 1. The van der Waals surface area contributed by atoms with Gasteiger partial charge in [-0.15, -0.1) is 0 Å². The van der Waals surface area contributed by atoms with Crippen molar-refractivity contribution in [1.82, 2.24) is 9.69 Å². The molecule has 2 rings (SSSR count). The molecule has 1 unspecified atom stereocenters. The average Bonchev–Trinajstić information content (AvgIpc) is 2.83. The summed E-state index contributed by atoms with van der Waals surface area (Å²) in [5, 5.41) is 14.4. The fourth-order valence-electron chi connectivity index (χ4n) is 1.70. The van der Waals surface area contributed by atoms with E-state index < -0.39 is 6.10 Å². The molecular weight excluding hydrogens is 260 g/mol. The summed E-state index contributed by atoms with van der Waals surface area (Å²) in [5.74, 6) is -0.197. The number of aliphatic hydroxyl groups is 1. The highest BCUT2D eigenvalue weighted by Crippen LogP contribution is 2.13. The van der Waals surface area contributed by atoms with Gasteiger partial charge in [-0.2, -0.15) is 4.37 Å². The van der Waals surface area contributed by atoms with Crippen LogP contribution in [-0.4, -0.2) is 21.9 Å². The van der Waals surface area contributed by atoms with Gasteiger partial charge in [0, 0.05) is 11.9 Å². The van der Waals surface area contributed by atoms with Crippen molar-refractivity contribution in [1.29, 1.82) is 0 Å². The van der Waals surface area contributed by atoms with E-state index in [2.05, 4.69) is 9.69 Å². The maximum atomic E-state index is 11.9. The third kappa shape index (κ3) is 3.39. The largest absolute Gasteiger partial charge is 0.387 e. The monoisotopic (exact) mass is 276 g/mol. The van der Waals surface area contributed by atoms with E-state index in [0.717, 1.165) is 11.1 Å². The second-order valence-electron chi connectivity index (χ2n) is 4.45. The number of benzene rings is 1. The lowest BCUT2D eigenvalue weighted by atomic mass is 10.1. The molecule has 0 fully saturated rings. The van der Waals surface area contributed by atoms with Crippen molar-refractivity contribution in [2.45, 2.75) is 20.0 Å². The highest BCUT2D eigenvalue weighted by molar-refractivity contribution is 7.03. The van der Waals surface area contributed by atoms with Crippen molar-refractivity contribution in [2.24, 2.45) is 0 Å². The van der Waals surface area contributed by atoms with Crippen LogP contribution in [0.15, 0.2) is 29.6 Å². The molecule has 1 aromatic carbocycles. The van der Waals surface area contributed by atoms with Crippen LogP contribution < -0.4 is 5.32 Å². The smallest absolute Gasteiger partial charge is 0.254 e. The van der Waals surface area contributed by atoms with Crippen LogP contribution in [-0.2, 0) is 0 Å². The van der Waals surface area contributed by atoms with Gasteiger partial charge >= 0.3 is 0 Å². The standard InChI is InChI=1S/C14H16N2O2S/c1-9-3-5-11(6-4-9)13(17)7-15-14(18)12-8-19-16-10(12)2/h3-6,8,13,17H,7H2,1-2H3,(H,15,18).